The minimum absolute atomic E-state index is 0.227. The second-order valence-electron chi connectivity index (χ2n) is 11.2. The number of fused-ring (bicyclic) bond motifs is 4. The summed E-state index contributed by atoms with van der Waals surface area (Å²) >= 11 is 0. The van der Waals surface area contributed by atoms with Crippen LogP contribution in [0.3, 0.4) is 0 Å². The van der Waals surface area contributed by atoms with E-state index in [1.165, 1.54) is 76.4 Å². The van der Waals surface area contributed by atoms with Gasteiger partial charge < -0.3 is 10.2 Å². The number of likely N-dealkylation sites (tertiary alicyclic amines) is 1. The molecule has 162 valence electrons. The van der Waals surface area contributed by atoms with Gasteiger partial charge in [-0.2, -0.15) is 0 Å². The monoisotopic (exact) mass is 406 g/mol. The molecule has 30 heavy (non-hydrogen) atoms. The third-order valence-corrected chi connectivity index (χ3v) is 9.72. The van der Waals surface area contributed by atoms with Crippen molar-refractivity contribution < 1.29 is 4.79 Å². The molecule has 1 N–H and O–H groups in total. The zero-order chi connectivity index (χ0) is 20.1. The van der Waals surface area contributed by atoms with Crippen molar-refractivity contribution in [3.05, 3.63) is 35.4 Å². The number of carbonyl (C=O) groups is 1. The Bertz CT molecular complexity index is 790. The van der Waals surface area contributed by atoms with Crippen LogP contribution in [-0.4, -0.2) is 29.9 Å². The van der Waals surface area contributed by atoms with Crippen molar-refractivity contribution in [2.45, 2.75) is 94.5 Å². The highest BCUT2D eigenvalue weighted by Gasteiger charge is 2.49. The topological polar surface area (TPSA) is 32.3 Å². The summed E-state index contributed by atoms with van der Waals surface area (Å²) in [6.07, 6.45) is 15.5. The van der Waals surface area contributed by atoms with Gasteiger partial charge in [0.2, 0.25) is 5.91 Å². The van der Waals surface area contributed by atoms with E-state index in [2.05, 4.69) is 34.5 Å². The molecule has 6 rings (SSSR count). The third-order valence-electron chi connectivity index (χ3n) is 9.72. The van der Waals surface area contributed by atoms with Gasteiger partial charge in [0.15, 0.2) is 0 Å². The van der Waals surface area contributed by atoms with Crippen molar-refractivity contribution in [2.24, 2.45) is 17.8 Å². The Kier molecular flexibility index (Phi) is 4.94. The minimum Gasteiger partial charge on any atom is -0.349 e. The van der Waals surface area contributed by atoms with E-state index in [0.717, 1.165) is 37.1 Å². The Labute approximate surface area is 182 Å². The SMILES string of the molecule is O=C(N[C@H]1CC2(CCN(C3C[C@@H]4CC[C@@H]3C4)CC2)c2ccccc21)C1CCCCC1. The molecule has 2 bridgehead atoms. The summed E-state index contributed by atoms with van der Waals surface area (Å²) in [7, 11) is 0. The highest BCUT2D eigenvalue weighted by atomic mass is 16.1. The lowest BCUT2D eigenvalue weighted by atomic mass is 9.73. The first-order valence-electron chi connectivity index (χ1n) is 12.9. The van der Waals surface area contributed by atoms with E-state index >= 15 is 0 Å². The fourth-order valence-corrected chi connectivity index (χ4v) is 8.09. The number of nitrogens with one attached hydrogen (secondary N) is 1. The third kappa shape index (κ3) is 3.23. The highest BCUT2D eigenvalue weighted by Crippen LogP contribution is 2.53. The van der Waals surface area contributed by atoms with Crippen molar-refractivity contribution in [2.75, 3.05) is 13.1 Å². The lowest BCUT2D eigenvalue weighted by Gasteiger charge is -2.44. The van der Waals surface area contributed by atoms with Crippen LogP contribution in [0.2, 0.25) is 0 Å². The Hall–Kier alpha value is -1.35. The molecule has 3 saturated carbocycles. The number of piperidine rings is 1. The van der Waals surface area contributed by atoms with Gasteiger partial charge in [-0.15, -0.1) is 0 Å². The van der Waals surface area contributed by atoms with Crippen LogP contribution in [0.15, 0.2) is 24.3 Å². The second kappa shape index (κ2) is 7.65. The zero-order valence-corrected chi connectivity index (χ0v) is 18.5. The van der Waals surface area contributed by atoms with Crippen molar-refractivity contribution in [1.29, 1.82) is 0 Å². The van der Waals surface area contributed by atoms with E-state index in [1.807, 2.05) is 0 Å². The number of carbonyl (C=O) groups excluding carboxylic acids is 1. The number of hydrogen-bond acceptors (Lipinski definition) is 2. The lowest BCUT2D eigenvalue weighted by Crippen LogP contribution is -2.48. The number of amides is 1. The molecule has 1 amide bonds. The summed E-state index contributed by atoms with van der Waals surface area (Å²) in [6, 6.07) is 10.1. The van der Waals surface area contributed by atoms with E-state index in [-0.39, 0.29) is 17.4 Å². The molecule has 1 aromatic carbocycles. The van der Waals surface area contributed by atoms with E-state index in [4.69, 9.17) is 0 Å². The van der Waals surface area contributed by atoms with Crippen molar-refractivity contribution in [3.8, 4) is 0 Å². The number of rotatable bonds is 3. The molecule has 4 atom stereocenters. The maximum atomic E-state index is 13.0. The van der Waals surface area contributed by atoms with Crippen LogP contribution in [0.5, 0.6) is 0 Å². The number of benzene rings is 1. The fraction of sp³-hybridized carbons (Fsp3) is 0.741. The predicted molar refractivity (Wildman–Crippen MR) is 120 cm³/mol. The van der Waals surface area contributed by atoms with Gasteiger partial charge >= 0.3 is 0 Å². The average molecular weight is 407 g/mol. The number of hydrogen-bond donors (Lipinski definition) is 1. The molecule has 1 aromatic rings. The van der Waals surface area contributed by atoms with E-state index < -0.39 is 0 Å². The molecule has 1 aliphatic heterocycles. The minimum atomic E-state index is 0.227. The van der Waals surface area contributed by atoms with Crippen LogP contribution in [0.1, 0.15) is 94.2 Å². The standard InChI is InChI=1S/C27H38N2O/c30-26(20-6-2-1-3-7-20)28-24-18-27(23-9-5-4-8-22(23)24)12-14-29(15-13-27)25-17-19-10-11-21(25)16-19/h4-5,8-9,19-21,24-25H,1-3,6-7,10-18H2,(H,28,30)/t19-,21-,24+,25?/m1/s1. The van der Waals surface area contributed by atoms with Crippen LogP contribution in [0.4, 0.5) is 0 Å². The Morgan fingerprint density at radius 2 is 1.77 bits per heavy atom. The summed E-state index contributed by atoms with van der Waals surface area (Å²) in [5, 5.41) is 3.51. The maximum absolute atomic E-state index is 13.0. The normalized spacial score (nSPS) is 35.6. The van der Waals surface area contributed by atoms with Crippen LogP contribution < -0.4 is 5.32 Å². The lowest BCUT2D eigenvalue weighted by molar-refractivity contribution is -0.126. The van der Waals surface area contributed by atoms with Crippen molar-refractivity contribution in [1.82, 2.24) is 10.2 Å². The molecule has 0 aromatic heterocycles. The molecule has 3 heteroatoms. The van der Waals surface area contributed by atoms with Crippen LogP contribution in [-0.2, 0) is 10.2 Å². The van der Waals surface area contributed by atoms with Gasteiger partial charge in [0.25, 0.3) is 0 Å². The molecule has 0 radical (unpaired) electrons. The average Bonchev–Trinajstić information content (AvgIpc) is 3.50. The molecular formula is C27H38N2O. The summed E-state index contributed by atoms with van der Waals surface area (Å²) in [4.78, 5) is 15.9. The summed E-state index contributed by atoms with van der Waals surface area (Å²) in [5.41, 5.74) is 3.25. The van der Waals surface area contributed by atoms with Crippen LogP contribution in [0, 0.1) is 17.8 Å². The summed E-state index contributed by atoms with van der Waals surface area (Å²) < 4.78 is 0. The molecule has 5 aliphatic rings. The van der Waals surface area contributed by atoms with E-state index in [9.17, 15) is 4.79 Å². The Morgan fingerprint density at radius 3 is 2.50 bits per heavy atom. The van der Waals surface area contributed by atoms with Gasteiger partial charge in [0, 0.05) is 17.4 Å². The van der Waals surface area contributed by atoms with Gasteiger partial charge in [0.1, 0.15) is 0 Å². The highest BCUT2D eigenvalue weighted by molar-refractivity contribution is 5.79. The van der Waals surface area contributed by atoms with Gasteiger partial charge in [-0.3, -0.25) is 4.79 Å². The van der Waals surface area contributed by atoms with Gasteiger partial charge in [-0.25, -0.2) is 0 Å². The molecule has 1 saturated heterocycles. The Balaban J connectivity index is 1.16. The molecule has 1 heterocycles. The predicted octanol–water partition coefficient (Wildman–Crippen LogP) is 5.35. The fourth-order valence-electron chi connectivity index (χ4n) is 8.09. The summed E-state index contributed by atoms with van der Waals surface area (Å²) in [5.74, 6) is 2.60. The molecule has 1 unspecified atom stereocenters. The molecule has 1 spiro atoms. The molecule has 3 nitrogen and oxygen atoms in total. The van der Waals surface area contributed by atoms with Crippen molar-refractivity contribution >= 4 is 5.91 Å². The molecular weight excluding hydrogens is 368 g/mol. The molecule has 4 fully saturated rings. The van der Waals surface area contributed by atoms with E-state index in [0.29, 0.717) is 5.91 Å². The van der Waals surface area contributed by atoms with Gasteiger partial charge in [-0.05, 0) is 87.4 Å². The maximum Gasteiger partial charge on any atom is 0.223 e. The van der Waals surface area contributed by atoms with Gasteiger partial charge in [0.05, 0.1) is 6.04 Å². The molecule has 4 aliphatic carbocycles. The van der Waals surface area contributed by atoms with Crippen LogP contribution in [0.25, 0.3) is 0 Å². The first-order valence-corrected chi connectivity index (χ1v) is 12.9. The van der Waals surface area contributed by atoms with Crippen LogP contribution >= 0.6 is 0 Å². The van der Waals surface area contributed by atoms with Gasteiger partial charge in [-0.1, -0.05) is 49.9 Å². The van der Waals surface area contributed by atoms with E-state index in [1.54, 1.807) is 5.56 Å². The zero-order valence-electron chi connectivity index (χ0n) is 18.5. The smallest absolute Gasteiger partial charge is 0.223 e. The first kappa shape index (κ1) is 19.3. The first-order chi connectivity index (χ1) is 14.7. The van der Waals surface area contributed by atoms with Crippen molar-refractivity contribution in [3.63, 3.8) is 0 Å². The second-order valence-corrected chi connectivity index (χ2v) is 11.2. The summed E-state index contributed by atoms with van der Waals surface area (Å²) in [6.45, 7) is 2.51. The quantitative estimate of drug-likeness (QED) is 0.734. The Morgan fingerprint density at radius 1 is 0.967 bits per heavy atom. The largest absolute Gasteiger partial charge is 0.349 e. The number of nitrogens with zero attached hydrogens (tertiary/aromatic N) is 1.